The topological polar surface area (TPSA) is 72.2 Å². The molecule has 0 radical (unpaired) electrons. The van der Waals surface area contributed by atoms with Gasteiger partial charge in [-0.1, -0.05) is 13.8 Å². The van der Waals surface area contributed by atoms with Gasteiger partial charge in [-0.05, 0) is 18.9 Å². The summed E-state index contributed by atoms with van der Waals surface area (Å²) in [6.45, 7) is 4.99. The van der Waals surface area contributed by atoms with Crippen LogP contribution in [-0.2, 0) is 15.6 Å². The van der Waals surface area contributed by atoms with Crippen molar-refractivity contribution in [1.82, 2.24) is 5.32 Å². The van der Waals surface area contributed by atoms with E-state index in [2.05, 4.69) is 5.32 Å². The molecule has 0 aliphatic carbocycles. The van der Waals surface area contributed by atoms with Gasteiger partial charge >= 0.3 is 0 Å². The van der Waals surface area contributed by atoms with Crippen molar-refractivity contribution in [2.75, 3.05) is 19.3 Å². The first kappa shape index (κ1) is 14.6. The zero-order chi connectivity index (χ0) is 11.8. The second-order valence-electron chi connectivity index (χ2n) is 3.99. The van der Waals surface area contributed by atoms with Gasteiger partial charge in [0.25, 0.3) is 0 Å². The van der Waals surface area contributed by atoms with Crippen LogP contribution in [0.4, 0.5) is 0 Å². The minimum Gasteiger partial charge on any atom is -0.356 e. The minimum atomic E-state index is -0.809. The number of nitrogens with two attached hydrogens (primary N) is 1. The second-order valence-corrected chi connectivity index (χ2v) is 5.79. The van der Waals surface area contributed by atoms with Crippen LogP contribution in [0.25, 0.3) is 0 Å². The van der Waals surface area contributed by atoms with Gasteiger partial charge in [-0.15, -0.1) is 0 Å². The molecule has 15 heavy (non-hydrogen) atoms. The molecule has 0 bridgehead atoms. The van der Waals surface area contributed by atoms with E-state index >= 15 is 0 Å². The number of carbonyl (C=O) groups is 1. The quantitative estimate of drug-likeness (QED) is 0.663. The molecule has 0 aliphatic rings. The summed E-state index contributed by atoms with van der Waals surface area (Å²) < 4.78 is 11.0. The van der Waals surface area contributed by atoms with E-state index in [-0.39, 0.29) is 17.1 Å². The highest BCUT2D eigenvalue weighted by atomic mass is 32.2. The molecular weight excluding hydrogens is 212 g/mol. The number of rotatable bonds is 7. The fourth-order valence-electron chi connectivity index (χ4n) is 1.05. The van der Waals surface area contributed by atoms with Gasteiger partial charge in [-0.3, -0.25) is 9.00 Å². The van der Waals surface area contributed by atoms with Crippen molar-refractivity contribution in [2.24, 2.45) is 11.7 Å². The van der Waals surface area contributed by atoms with E-state index in [9.17, 15) is 9.00 Å². The van der Waals surface area contributed by atoms with E-state index in [4.69, 9.17) is 5.73 Å². The predicted molar refractivity (Wildman–Crippen MR) is 64.0 cm³/mol. The Kier molecular flexibility index (Phi) is 7.60. The van der Waals surface area contributed by atoms with Crippen LogP contribution < -0.4 is 11.1 Å². The van der Waals surface area contributed by atoms with Crippen molar-refractivity contribution in [1.29, 1.82) is 0 Å². The minimum absolute atomic E-state index is 0.0297. The molecule has 0 aromatic heterocycles. The fourth-order valence-corrected chi connectivity index (χ4v) is 1.50. The number of carbonyl (C=O) groups excluding carboxylic acids is 1. The van der Waals surface area contributed by atoms with Crippen molar-refractivity contribution in [3.8, 4) is 0 Å². The standard InChI is InChI=1S/C10H22N2O2S/c1-8(7-11)6-10(13)12-5-4-9(2)15(3)14/h8-9H,4-7,11H2,1-3H3,(H,12,13). The van der Waals surface area contributed by atoms with Crippen molar-refractivity contribution >= 4 is 16.7 Å². The summed E-state index contributed by atoms with van der Waals surface area (Å²) in [4.78, 5) is 11.3. The van der Waals surface area contributed by atoms with Crippen LogP contribution >= 0.6 is 0 Å². The van der Waals surface area contributed by atoms with Crippen LogP contribution in [0.3, 0.4) is 0 Å². The molecule has 4 nitrogen and oxygen atoms in total. The summed E-state index contributed by atoms with van der Waals surface area (Å²) in [5.41, 5.74) is 5.42. The smallest absolute Gasteiger partial charge is 0.220 e. The molecular formula is C10H22N2O2S. The van der Waals surface area contributed by atoms with E-state index < -0.39 is 10.8 Å². The van der Waals surface area contributed by atoms with E-state index in [1.54, 1.807) is 6.26 Å². The first-order valence-corrected chi connectivity index (χ1v) is 6.88. The van der Waals surface area contributed by atoms with Crippen molar-refractivity contribution in [3.05, 3.63) is 0 Å². The fraction of sp³-hybridized carbons (Fsp3) is 0.900. The van der Waals surface area contributed by atoms with E-state index in [1.807, 2.05) is 13.8 Å². The van der Waals surface area contributed by atoms with Gasteiger partial charge in [0.05, 0.1) is 0 Å². The Balaban J connectivity index is 3.59. The molecule has 0 aliphatic heterocycles. The Labute approximate surface area is 94.4 Å². The molecule has 5 heteroatoms. The lowest BCUT2D eigenvalue weighted by Gasteiger charge is -2.11. The van der Waals surface area contributed by atoms with Crippen molar-refractivity contribution < 1.29 is 9.00 Å². The molecule has 0 heterocycles. The van der Waals surface area contributed by atoms with Crippen molar-refractivity contribution in [2.45, 2.75) is 31.9 Å². The first-order chi connectivity index (χ1) is 6.97. The summed E-state index contributed by atoms with van der Waals surface area (Å²) in [5.74, 6) is 0.254. The molecule has 0 aromatic rings. The third-order valence-corrected chi connectivity index (χ3v) is 3.74. The monoisotopic (exact) mass is 234 g/mol. The lowest BCUT2D eigenvalue weighted by Crippen LogP contribution is -2.29. The molecule has 0 aromatic carbocycles. The average molecular weight is 234 g/mol. The highest BCUT2D eigenvalue weighted by Crippen LogP contribution is 2.00. The van der Waals surface area contributed by atoms with E-state index in [0.717, 1.165) is 6.42 Å². The van der Waals surface area contributed by atoms with E-state index in [0.29, 0.717) is 19.5 Å². The predicted octanol–water partition coefficient (Wildman–Crippen LogP) is 0.245. The maximum atomic E-state index is 11.3. The van der Waals surface area contributed by atoms with Gasteiger partial charge in [0.2, 0.25) is 5.91 Å². The largest absolute Gasteiger partial charge is 0.356 e. The molecule has 3 atom stereocenters. The number of amides is 1. The zero-order valence-corrected chi connectivity index (χ0v) is 10.6. The maximum absolute atomic E-state index is 11.3. The summed E-state index contributed by atoms with van der Waals surface area (Å²) in [7, 11) is -0.809. The van der Waals surface area contributed by atoms with Crippen molar-refractivity contribution in [3.63, 3.8) is 0 Å². The lowest BCUT2D eigenvalue weighted by atomic mass is 10.1. The molecule has 1 amide bonds. The Morgan fingerprint density at radius 3 is 2.53 bits per heavy atom. The summed E-state index contributed by atoms with van der Waals surface area (Å²) in [5, 5.41) is 2.94. The maximum Gasteiger partial charge on any atom is 0.220 e. The molecule has 3 N–H and O–H groups in total. The Morgan fingerprint density at radius 2 is 2.07 bits per heavy atom. The zero-order valence-electron chi connectivity index (χ0n) is 9.79. The van der Waals surface area contributed by atoms with Gasteiger partial charge in [-0.2, -0.15) is 0 Å². The van der Waals surface area contributed by atoms with Crippen LogP contribution in [0.5, 0.6) is 0 Å². The molecule has 90 valence electrons. The third kappa shape index (κ3) is 7.50. The summed E-state index contributed by atoms with van der Waals surface area (Å²) in [6.07, 6.45) is 2.91. The Morgan fingerprint density at radius 1 is 1.47 bits per heavy atom. The molecule has 3 unspecified atom stereocenters. The van der Waals surface area contributed by atoms with Crippen LogP contribution in [0.15, 0.2) is 0 Å². The van der Waals surface area contributed by atoms with E-state index in [1.165, 1.54) is 0 Å². The summed E-state index contributed by atoms with van der Waals surface area (Å²) in [6, 6.07) is 0. The third-order valence-electron chi connectivity index (χ3n) is 2.38. The SMILES string of the molecule is CC(CN)CC(=O)NCCC(C)S(C)=O. The molecule has 0 spiro atoms. The van der Waals surface area contributed by atoms with Gasteiger partial charge in [0.15, 0.2) is 0 Å². The lowest BCUT2D eigenvalue weighted by molar-refractivity contribution is -0.121. The van der Waals surface area contributed by atoms with Crippen LogP contribution in [0.2, 0.25) is 0 Å². The second kappa shape index (κ2) is 7.82. The Bertz CT molecular complexity index is 221. The van der Waals surface area contributed by atoms with Crippen LogP contribution in [-0.4, -0.2) is 34.7 Å². The van der Waals surface area contributed by atoms with Gasteiger partial charge in [0, 0.05) is 35.3 Å². The molecule has 0 saturated heterocycles. The number of nitrogens with one attached hydrogen (secondary N) is 1. The number of hydrogen-bond donors (Lipinski definition) is 2. The van der Waals surface area contributed by atoms with Gasteiger partial charge in [-0.25, -0.2) is 0 Å². The van der Waals surface area contributed by atoms with Crippen LogP contribution in [0, 0.1) is 5.92 Å². The first-order valence-electron chi connectivity index (χ1n) is 5.26. The highest BCUT2D eigenvalue weighted by Gasteiger charge is 2.09. The number of hydrogen-bond acceptors (Lipinski definition) is 3. The Hall–Kier alpha value is -0.420. The van der Waals surface area contributed by atoms with Gasteiger partial charge in [0.1, 0.15) is 0 Å². The molecule has 0 rings (SSSR count). The average Bonchev–Trinajstić information content (AvgIpc) is 2.17. The summed E-state index contributed by atoms with van der Waals surface area (Å²) >= 11 is 0. The highest BCUT2D eigenvalue weighted by molar-refractivity contribution is 7.84. The normalized spacial score (nSPS) is 16.8. The van der Waals surface area contributed by atoms with Gasteiger partial charge < -0.3 is 11.1 Å². The molecule has 0 fully saturated rings. The van der Waals surface area contributed by atoms with Crippen LogP contribution in [0.1, 0.15) is 26.7 Å². The molecule has 0 saturated carbocycles.